The number of rotatable bonds is 7. The third-order valence-electron chi connectivity index (χ3n) is 5.12. The molecule has 0 amide bonds. The van der Waals surface area contributed by atoms with Crippen LogP contribution >= 0.6 is 24.0 Å². The largest absolute Gasteiger partial charge is 0.466 e. The molecule has 2 aromatic rings. The molecule has 2 heterocycles. The molecule has 3 rings (SSSR count). The topological polar surface area (TPSA) is 92.9 Å². The second-order valence-corrected chi connectivity index (χ2v) is 7.40. The molecule has 0 aliphatic carbocycles. The molecule has 9 heteroatoms. The van der Waals surface area contributed by atoms with Crippen LogP contribution in [0.2, 0.25) is 0 Å². The Morgan fingerprint density at radius 1 is 1.39 bits per heavy atom. The first-order chi connectivity index (χ1) is 14.6. The molecule has 8 nitrogen and oxygen atoms in total. The van der Waals surface area contributed by atoms with Crippen LogP contribution in [0, 0.1) is 5.92 Å². The van der Waals surface area contributed by atoms with Gasteiger partial charge in [-0.2, -0.15) is 4.98 Å². The first-order valence-electron chi connectivity index (χ1n) is 10.7. The van der Waals surface area contributed by atoms with E-state index < -0.39 is 0 Å². The summed E-state index contributed by atoms with van der Waals surface area (Å²) in [6.45, 7) is 6.45. The van der Waals surface area contributed by atoms with E-state index in [1.54, 1.807) is 7.05 Å². The molecular weight excluding hydrogens is 509 g/mol. The van der Waals surface area contributed by atoms with Crippen molar-refractivity contribution in [1.82, 2.24) is 20.4 Å². The van der Waals surface area contributed by atoms with Gasteiger partial charge < -0.3 is 19.5 Å². The lowest BCUT2D eigenvalue weighted by Crippen LogP contribution is -2.48. The van der Waals surface area contributed by atoms with Crippen LogP contribution in [-0.4, -0.2) is 53.7 Å². The third-order valence-corrected chi connectivity index (χ3v) is 5.12. The number of piperidine rings is 1. The van der Waals surface area contributed by atoms with Crippen molar-refractivity contribution in [3.63, 3.8) is 0 Å². The summed E-state index contributed by atoms with van der Waals surface area (Å²) in [5, 5.41) is 7.44. The molecule has 1 N–H and O–H groups in total. The van der Waals surface area contributed by atoms with Gasteiger partial charge in [0, 0.05) is 38.7 Å². The van der Waals surface area contributed by atoms with Gasteiger partial charge in [-0.15, -0.1) is 24.0 Å². The molecule has 31 heavy (non-hydrogen) atoms. The van der Waals surface area contributed by atoms with E-state index in [1.165, 1.54) is 0 Å². The predicted octanol–water partition coefficient (Wildman–Crippen LogP) is 3.66. The van der Waals surface area contributed by atoms with Gasteiger partial charge in [-0.05, 0) is 43.9 Å². The summed E-state index contributed by atoms with van der Waals surface area (Å²) in [6.07, 6.45) is 3.59. The molecule has 170 valence electrons. The number of aromatic nitrogens is 2. The van der Waals surface area contributed by atoms with E-state index in [2.05, 4.69) is 32.3 Å². The quantitative estimate of drug-likeness (QED) is 0.248. The van der Waals surface area contributed by atoms with E-state index in [0.29, 0.717) is 25.6 Å². The van der Waals surface area contributed by atoms with Crippen molar-refractivity contribution in [1.29, 1.82) is 0 Å². The lowest BCUT2D eigenvalue weighted by Gasteiger charge is -2.34. The minimum Gasteiger partial charge on any atom is -0.466 e. The monoisotopic (exact) mass is 541 g/mol. The molecule has 0 spiro atoms. The number of nitrogens with zero attached hydrogens (tertiary/aromatic N) is 4. The summed E-state index contributed by atoms with van der Waals surface area (Å²) in [4.78, 5) is 23.1. The zero-order valence-corrected chi connectivity index (χ0v) is 20.8. The van der Waals surface area contributed by atoms with Gasteiger partial charge in [0.15, 0.2) is 11.8 Å². The average Bonchev–Trinajstić information content (AvgIpc) is 3.24. The zero-order chi connectivity index (χ0) is 21.3. The number of ether oxygens (including phenoxy) is 1. The van der Waals surface area contributed by atoms with E-state index in [0.717, 1.165) is 55.1 Å². The zero-order valence-electron chi connectivity index (χ0n) is 18.5. The van der Waals surface area contributed by atoms with Gasteiger partial charge in [0.05, 0.1) is 12.5 Å². The molecule has 1 aliphatic rings. The van der Waals surface area contributed by atoms with Crippen LogP contribution in [0.5, 0.6) is 0 Å². The maximum absolute atomic E-state index is 12.1. The fourth-order valence-electron chi connectivity index (χ4n) is 3.65. The summed E-state index contributed by atoms with van der Waals surface area (Å²) < 4.78 is 10.6. The second kappa shape index (κ2) is 12.6. The fraction of sp³-hybridized carbons (Fsp3) is 0.545. The second-order valence-electron chi connectivity index (χ2n) is 7.40. The summed E-state index contributed by atoms with van der Waals surface area (Å²) >= 11 is 0. The maximum atomic E-state index is 12.1. The third kappa shape index (κ3) is 6.91. The number of carbonyl (C=O) groups is 1. The Balaban J connectivity index is 0.00000341. The number of aryl methyl sites for hydroxylation is 1. The van der Waals surface area contributed by atoms with E-state index in [-0.39, 0.29) is 35.9 Å². The van der Waals surface area contributed by atoms with Gasteiger partial charge in [-0.3, -0.25) is 9.79 Å². The van der Waals surface area contributed by atoms with Crippen molar-refractivity contribution >= 4 is 35.9 Å². The number of esters is 1. The normalized spacial score (nSPS) is 16.5. The number of aliphatic imine (C=N–C) groups is 1. The number of benzene rings is 1. The van der Waals surface area contributed by atoms with Gasteiger partial charge in [0.1, 0.15) is 0 Å². The lowest BCUT2D eigenvalue weighted by molar-refractivity contribution is -0.149. The fourth-order valence-corrected chi connectivity index (χ4v) is 3.65. The first-order valence-corrected chi connectivity index (χ1v) is 10.7. The van der Waals surface area contributed by atoms with Crippen molar-refractivity contribution in [2.75, 3.05) is 26.7 Å². The van der Waals surface area contributed by atoms with Gasteiger partial charge in [-0.1, -0.05) is 24.2 Å². The van der Waals surface area contributed by atoms with E-state index in [9.17, 15) is 4.79 Å². The number of nitrogens with one attached hydrogen (secondary N) is 1. The van der Waals surface area contributed by atoms with Crippen LogP contribution in [0.25, 0.3) is 11.5 Å². The van der Waals surface area contributed by atoms with Crippen LogP contribution in [-0.2, 0) is 22.5 Å². The molecule has 0 radical (unpaired) electrons. The Hall–Kier alpha value is -2.17. The molecule has 1 unspecified atom stereocenters. The highest BCUT2D eigenvalue weighted by Crippen LogP contribution is 2.20. The minimum atomic E-state index is -0.118. The highest BCUT2D eigenvalue weighted by molar-refractivity contribution is 14.0. The molecule has 1 aliphatic heterocycles. The Morgan fingerprint density at radius 2 is 2.23 bits per heavy atom. The molecular formula is C22H32IN5O3. The summed E-state index contributed by atoms with van der Waals surface area (Å²) in [5.41, 5.74) is 1.99. The van der Waals surface area contributed by atoms with Crippen molar-refractivity contribution in [2.45, 2.75) is 46.1 Å². The summed E-state index contributed by atoms with van der Waals surface area (Å²) in [7, 11) is 1.76. The minimum absolute atomic E-state index is 0. The van der Waals surface area contributed by atoms with E-state index in [4.69, 9.17) is 9.26 Å². The Morgan fingerprint density at radius 3 is 2.97 bits per heavy atom. The standard InChI is InChI=1S/C22H31N5O3.HI/c1-4-8-19-25-20(30-26-19)17-10-6-9-16(13-17)14-24-22(23-3)27-12-7-11-18(15-27)21(28)29-5-2;/h6,9-10,13,18H,4-5,7-8,11-12,14-15H2,1-3H3,(H,23,24);1H. The van der Waals surface area contributed by atoms with Gasteiger partial charge in [0.25, 0.3) is 5.89 Å². The number of hydrogen-bond acceptors (Lipinski definition) is 6. The number of halogens is 1. The SMILES string of the molecule is CCCc1noc(-c2cccc(CNC(=NC)N3CCCC(C(=O)OCC)C3)c2)n1.I. The van der Waals surface area contributed by atoms with Crippen LogP contribution < -0.4 is 5.32 Å². The van der Waals surface area contributed by atoms with Gasteiger partial charge >= 0.3 is 5.97 Å². The molecule has 0 bridgehead atoms. The number of carbonyl (C=O) groups excluding carboxylic acids is 1. The Kier molecular flexibility index (Phi) is 10.2. The van der Waals surface area contributed by atoms with Crippen LogP contribution in [0.3, 0.4) is 0 Å². The molecule has 0 saturated carbocycles. The van der Waals surface area contributed by atoms with Crippen molar-refractivity contribution in [3.8, 4) is 11.5 Å². The lowest BCUT2D eigenvalue weighted by atomic mass is 9.98. The maximum Gasteiger partial charge on any atom is 0.310 e. The summed E-state index contributed by atoms with van der Waals surface area (Å²) in [5.74, 6) is 1.84. The van der Waals surface area contributed by atoms with Crippen molar-refractivity contribution < 1.29 is 14.1 Å². The molecule has 1 aromatic carbocycles. The highest BCUT2D eigenvalue weighted by atomic mass is 127. The molecule has 1 saturated heterocycles. The van der Waals surface area contributed by atoms with Crippen molar-refractivity contribution in [3.05, 3.63) is 35.7 Å². The Bertz CT molecular complexity index is 870. The predicted molar refractivity (Wildman–Crippen MR) is 130 cm³/mol. The smallest absolute Gasteiger partial charge is 0.310 e. The van der Waals surface area contributed by atoms with Gasteiger partial charge in [0.2, 0.25) is 0 Å². The summed E-state index contributed by atoms with van der Waals surface area (Å²) in [6, 6.07) is 8.04. The average molecular weight is 541 g/mol. The molecule has 1 fully saturated rings. The number of hydrogen-bond donors (Lipinski definition) is 1. The van der Waals surface area contributed by atoms with E-state index >= 15 is 0 Å². The molecule has 1 atom stereocenters. The van der Waals surface area contributed by atoms with Crippen LogP contribution in [0.15, 0.2) is 33.8 Å². The Labute approximate surface area is 200 Å². The van der Waals surface area contributed by atoms with Gasteiger partial charge in [-0.25, -0.2) is 0 Å². The number of guanidine groups is 1. The van der Waals surface area contributed by atoms with Crippen LogP contribution in [0.4, 0.5) is 0 Å². The van der Waals surface area contributed by atoms with E-state index in [1.807, 2.05) is 31.2 Å². The molecule has 1 aromatic heterocycles. The first kappa shape index (κ1) is 25.1. The highest BCUT2D eigenvalue weighted by Gasteiger charge is 2.28. The van der Waals surface area contributed by atoms with Crippen LogP contribution in [0.1, 0.15) is 44.5 Å². The van der Waals surface area contributed by atoms with Crippen molar-refractivity contribution in [2.24, 2.45) is 10.9 Å². The number of likely N-dealkylation sites (tertiary alicyclic amines) is 1.